The number of imidazole rings is 2. The van der Waals surface area contributed by atoms with E-state index in [1.165, 1.54) is 34.0 Å². The molecular weight excluding hydrogens is 819 g/mol. The van der Waals surface area contributed by atoms with Crippen LogP contribution in [0.1, 0.15) is 32.1 Å². The number of fused-ring (bicyclic) bond motifs is 2. The highest BCUT2D eigenvalue weighted by Gasteiger charge is 2.49. The smallest absolute Gasteiger partial charge is 0.313 e. The van der Waals surface area contributed by atoms with Gasteiger partial charge in [0, 0.05) is 7.11 Å². The van der Waals surface area contributed by atoms with Gasteiger partial charge in [-0.1, -0.05) is 4.98 Å². The van der Waals surface area contributed by atoms with Crippen LogP contribution >= 0.6 is 23.5 Å². The number of hydrogen-bond acceptors (Lipinski definition) is 22. The Balaban J connectivity index is 1.09. The Labute approximate surface area is 313 Å². The molecule has 0 bridgehead atoms. The Morgan fingerprint density at radius 2 is 1.59 bits per heavy atom. The van der Waals surface area contributed by atoms with Crippen molar-refractivity contribution in [3.8, 4) is 0 Å². The Morgan fingerprint density at radius 3 is 2.20 bits per heavy atom. The summed E-state index contributed by atoms with van der Waals surface area (Å²) in [7, 11) is -15.6. The second-order valence-electron chi connectivity index (χ2n) is 12.8. The quantitative estimate of drug-likeness (QED) is 0.0569. The molecule has 4 aromatic heterocycles. The fourth-order valence-electron chi connectivity index (χ4n) is 6.25. The Morgan fingerprint density at radius 1 is 0.964 bits per heavy atom. The van der Waals surface area contributed by atoms with E-state index in [-0.39, 0.29) is 34.1 Å². The molecule has 2 saturated heterocycles. The van der Waals surface area contributed by atoms with E-state index in [9.17, 15) is 48.2 Å². The van der Waals surface area contributed by atoms with E-state index >= 15 is 0 Å². The minimum Gasteiger partial charge on any atom is -0.756 e. The van der Waals surface area contributed by atoms with E-state index < -0.39 is 103 Å². The molecule has 310 valence electrons. The van der Waals surface area contributed by atoms with Gasteiger partial charge in [-0.05, 0) is 20.8 Å². The van der Waals surface area contributed by atoms with E-state index in [1.807, 2.05) is 0 Å². The molecule has 0 aliphatic carbocycles. The molecule has 30 heteroatoms. The van der Waals surface area contributed by atoms with E-state index in [2.05, 4.69) is 42.6 Å². The number of aliphatic hydroxyl groups excluding tert-OH is 2. The van der Waals surface area contributed by atoms with Crippen LogP contribution in [0.3, 0.4) is 0 Å². The number of nitrogens with two attached hydrogens (primary N) is 1. The van der Waals surface area contributed by atoms with Crippen molar-refractivity contribution in [2.24, 2.45) is 7.05 Å². The fourth-order valence-corrected chi connectivity index (χ4v) is 9.64. The van der Waals surface area contributed by atoms with Gasteiger partial charge in [0.05, 0.1) is 32.7 Å². The summed E-state index contributed by atoms with van der Waals surface area (Å²) >= 11 is 0. The van der Waals surface area contributed by atoms with Crippen molar-refractivity contribution in [1.82, 2.24) is 34.1 Å². The van der Waals surface area contributed by atoms with Crippen LogP contribution in [0.4, 0.5) is 5.95 Å². The molecule has 56 heavy (non-hydrogen) atoms. The molecular formula is C26H36N9O18P3-2. The number of H-pyrrole nitrogens is 2. The van der Waals surface area contributed by atoms with Crippen LogP contribution in [-0.2, 0) is 57.4 Å². The van der Waals surface area contributed by atoms with E-state index in [0.717, 1.165) is 13.4 Å². The van der Waals surface area contributed by atoms with E-state index in [1.54, 1.807) is 13.8 Å². The number of hydrogen-bond donors (Lipinski definition) is 5. The lowest BCUT2D eigenvalue weighted by Gasteiger charge is -2.35. The number of aromatic nitrogens is 8. The number of aromatic amines is 2. The number of phosphoric ester groups is 2. The van der Waals surface area contributed by atoms with Gasteiger partial charge in [-0.25, -0.2) is 23.2 Å². The van der Waals surface area contributed by atoms with E-state index in [0.29, 0.717) is 0 Å². The molecule has 6 N–H and O–H groups in total. The van der Waals surface area contributed by atoms with Crippen molar-refractivity contribution in [1.29, 1.82) is 0 Å². The molecule has 0 saturated carbocycles. The second kappa shape index (κ2) is 15.8. The number of phosphoric acid groups is 3. The summed E-state index contributed by atoms with van der Waals surface area (Å²) in [5, 5.41) is 22.0. The van der Waals surface area contributed by atoms with Crippen LogP contribution in [0.2, 0.25) is 0 Å². The molecule has 6 rings (SSSR count). The van der Waals surface area contributed by atoms with Gasteiger partial charge in [0.1, 0.15) is 42.4 Å². The highest BCUT2D eigenvalue weighted by atomic mass is 31.3. The predicted octanol–water partition coefficient (Wildman–Crippen LogP) is -3.63. The van der Waals surface area contributed by atoms with Crippen LogP contribution in [0.15, 0.2) is 22.2 Å². The first-order chi connectivity index (χ1) is 26.1. The first kappa shape index (κ1) is 42.3. The zero-order valence-corrected chi connectivity index (χ0v) is 32.5. The Kier molecular flexibility index (Phi) is 11.9. The average Bonchev–Trinajstić information content (AvgIpc) is 3.80. The summed E-state index contributed by atoms with van der Waals surface area (Å²) in [6.45, 7) is 2.64. The maximum absolute atomic E-state index is 12.6. The molecule has 11 atom stereocenters. The summed E-state index contributed by atoms with van der Waals surface area (Å²) in [4.78, 5) is 79.4. The van der Waals surface area contributed by atoms with Crippen LogP contribution in [0, 0.1) is 6.92 Å². The zero-order chi connectivity index (χ0) is 41.1. The maximum atomic E-state index is 12.6. The summed E-state index contributed by atoms with van der Waals surface area (Å²) in [5.74, 6) is -0.0397. The third-order valence-electron chi connectivity index (χ3n) is 8.40. The normalized spacial score (nSPS) is 28.9. The topological polar surface area (TPSA) is 379 Å². The molecule has 0 spiro atoms. The van der Waals surface area contributed by atoms with E-state index in [4.69, 9.17) is 24.7 Å². The van der Waals surface area contributed by atoms with Gasteiger partial charge in [0.15, 0.2) is 23.7 Å². The lowest BCUT2D eigenvalue weighted by atomic mass is 10.1. The molecule has 2 aliphatic rings. The Bertz CT molecular complexity index is 2370. The third-order valence-corrected chi connectivity index (χ3v) is 12.5. The number of anilines is 1. The van der Waals surface area contributed by atoms with Crippen LogP contribution in [-0.4, -0.2) is 107 Å². The van der Waals surface area contributed by atoms with Gasteiger partial charge in [0.25, 0.3) is 40.5 Å². The number of rotatable bonds is 15. The lowest BCUT2D eigenvalue weighted by molar-refractivity contribution is -0.745. The summed E-state index contributed by atoms with van der Waals surface area (Å²) in [5.41, 5.74) is 4.43. The average molecular weight is 856 g/mol. The number of nitrogens with zero attached hydrogens (tertiary/aromatic N) is 6. The second-order valence-corrected chi connectivity index (χ2v) is 17.3. The van der Waals surface area contributed by atoms with Gasteiger partial charge >= 0.3 is 5.65 Å². The van der Waals surface area contributed by atoms with Crippen molar-refractivity contribution < 1.29 is 79.8 Å². The number of nitrogen functional groups attached to an aromatic ring is 1. The van der Waals surface area contributed by atoms with Crippen molar-refractivity contribution in [3.63, 3.8) is 0 Å². The monoisotopic (exact) mass is 855 g/mol. The SMILES string of the molecule is CO[C@@H]1C(O)[C@H]([n+]2cn(C)c3c(=O)[nH]c(N)nc32)O[C@@H]1COP(=O)([O-])OP(=O)([O-])OP(=O)([O-])OC[C@H]1O[C@@H](n2cnc3c(=O)[nH]c(C)nc32)[C@@H](O)C1OC(C)C. The molecule has 27 nitrogen and oxygen atoms in total. The molecule has 5 unspecified atom stereocenters. The first-order valence-electron chi connectivity index (χ1n) is 16.3. The largest absolute Gasteiger partial charge is 0.756 e. The lowest BCUT2D eigenvalue weighted by Crippen LogP contribution is -2.46. The van der Waals surface area contributed by atoms with Gasteiger partial charge in [-0.3, -0.25) is 37.4 Å². The number of ether oxygens (including phenoxy) is 4. The van der Waals surface area contributed by atoms with Gasteiger partial charge in [-0.2, -0.15) is 0 Å². The number of aryl methyl sites for hydroxylation is 2. The minimum absolute atomic E-state index is 0.0174. The zero-order valence-electron chi connectivity index (χ0n) is 29.8. The highest BCUT2D eigenvalue weighted by molar-refractivity contribution is 7.65. The minimum atomic E-state index is -6.33. The fraction of sp³-hybridized carbons (Fsp3) is 0.615. The highest BCUT2D eigenvalue weighted by Crippen LogP contribution is 2.63. The number of nitrogens with one attached hydrogen (secondary N) is 2. The van der Waals surface area contributed by atoms with Crippen molar-refractivity contribution >= 4 is 51.7 Å². The number of methoxy groups -OCH3 is 1. The summed E-state index contributed by atoms with van der Waals surface area (Å²) < 4.78 is 81.1. The van der Waals surface area contributed by atoms with Crippen LogP contribution < -0.4 is 36.1 Å². The third kappa shape index (κ3) is 8.73. The van der Waals surface area contributed by atoms with Crippen molar-refractivity contribution in [2.75, 3.05) is 26.1 Å². The standard InChI is InChI=1S/C26H38N9O18P3/c1-10(2)49-19-13(51-24(17(19)37)34-8-28-14-20(34)29-11(3)30-22(14)38)7-48-55(42,43)53-56(44,45)52-54(40,41)47-6-12-18(46-5)16(36)25(50-12)35-9-33(4)15-21(35)31-26(27)32-23(15)39/h8-10,12-13,16-19,24-25,36-37H,6-7H2,1-5H3,(H6-,27,29,30,31,32,38,39,40,41,42,43,44,45)/p-2/t12-,13-,16?,17+,18+,19?,24-,25-/m1/s1. The van der Waals surface area contributed by atoms with Gasteiger partial charge in [-0.15, -0.1) is 0 Å². The molecule has 0 amide bonds. The molecule has 0 radical (unpaired) electrons. The van der Waals surface area contributed by atoms with Gasteiger partial charge < -0.3 is 63.6 Å². The maximum Gasteiger partial charge on any atom is 0.313 e. The number of aliphatic hydroxyl groups is 2. The Hall–Kier alpha value is -3.33. The molecule has 4 aromatic rings. The van der Waals surface area contributed by atoms with Crippen LogP contribution in [0.5, 0.6) is 0 Å². The molecule has 2 fully saturated rings. The summed E-state index contributed by atoms with van der Waals surface area (Å²) in [6.07, 6.45) is -9.29. The first-order valence-corrected chi connectivity index (χ1v) is 20.7. The van der Waals surface area contributed by atoms with Crippen molar-refractivity contribution in [3.05, 3.63) is 39.2 Å². The van der Waals surface area contributed by atoms with Gasteiger partial charge in [0.2, 0.25) is 11.7 Å². The van der Waals surface area contributed by atoms with Crippen molar-refractivity contribution in [2.45, 2.75) is 76.0 Å². The molecule has 0 aromatic carbocycles. The molecule has 2 aliphatic heterocycles. The van der Waals surface area contributed by atoms with Crippen LogP contribution in [0.25, 0.3) is 22.3 Å². The molecule has 6 heterocycles. The summed E-state index contributed by atoms with van der Waals surface area (Å²) in [6, 6.07) is 0. The predicted molar refractivity (Wildman–Crippen MR) is 176 cm³/mol.